The molecule has 1 rings (SSSR count). The van der Waals surface area contributed by atoms with Gasteiger partial charge in [-0.25, -0.2) is 9.13 Å². The molecular formula is C13H25N2+. The average molecular weight is 209 g/mol. The Morgan fingerprint density at radius 2 is 2.00 bits per heavy atom. The number of imidazole rings is 1. The van der Waals surface area contributed by atoms with E-state index in [0.717, 1.165) is 0 Å². The topological polar surface area (TPSA) is 8.81 Å². The third-order valence-corrected chi connectivity index (χ3v) is 3.08. The molecule has 1 unspecified atom stereocenters. The lowest BCUT2D eigenvalue weighted by atomic mass is 10.2. The van der Waals surface area contributed by atoms with Crippen LogP contribution >= 0.6 is 0 Å². The molecule has 2 nitrogen and oxygen atoms in total. The van der Waals surface area contributed by atoms with Crippen LogP contribution in [-0.4, -0.2) is 4.57 Å². The minimum atomic E-state index is 0.627. The van der Waals surface area contributed by atoms with Crippen molar-refractivity contribution in [2.75, 3.05) is 0 Å². The number of aryl methyl sites for hydroxylation is 1. The molecule has 1 heterocycles. The molecular weight excluding hydrogens is 184 g/mol. The van der Waals surface area contributed by atoms with Crippen LogP contribution < -0.4 is 4.57 Å². The fourth-order valence-electron chi connectivity index (χ4n) is 1.74. The van der Waals surface area contributed by atoms with Gasteiger partial charge in [0, 0.05) is 0 Å². The zero-order valence-electron chi connectivity index (χ0n) is 10.4. The van der Waals surface area contributed by atoms with Crippen LogP contribution in [0.4, 0.5) is 0 Å². The van der Waals surface area contributed by atoms with Gasteiger partial charge in [0.15, 0.2) is 0 Å². The Bertz CT molecular complexity index is 265. The van der Waals surface area contributed by atoms with Gasteiger partial charge in [-0.1, -0.05) is 26.7 Å². The Labute approximate surface area is 93.9 Å². The van der Waals surface area contributed by atoms with Crippen LogP contribution in [0.1, 0.15) is 58.9 Å². The summed E-state index contributed by atoms with van der Waals surface area (Å²) in [6.07, 6.45) is 13.2. The van der Waals surface area contributed by atoms with Gasteiger partial charge in [-0.15, -0.1) is 0 Å². The van der Waals surface area contributed by atoms with Gasteiger partial charge in [-0.05, 0) is 26.2 Å². The van der Waals surface area contributed by atoms with Crippen molar-refractivity contribution in [3.05, 3.63) is 18.7 Å². The Morgan fingerprint density at radius 3 is 2.67 bits per heavy atom. The number of rotatable bonds is 7. The van der Waals surface area contributed by atoms with Crippen molar-refractivity contribution in [1.82, 2.24) is 4.57 Å². The second-order valence-corrected chi connectivity index (χ2v) is 4.42. The standard InChI is InChI=1S/C13H25N2/c1-4-6-7-8-9-14-10-11-15(12-14)13(3)5-2/h10-13H,4-9H2,1-3H3/q+1. The molecule has 0 N–H and O–H groups in total. The lowest BCUT2D eigenvalue weighted by Crippen LogP contribution is -2.31. The van der Waals surface area contributed by atoms with E-state index in [1.807, 2.05) is 0 Å². The molecule has 0 saturated carbocycles. The first kappa shape index (κ1) is 12.3. The molecule has 86 valence electrons. The van der Waals surface area contributed by atoms with Crippen molar-refractivity contribution in [2.24, 2.45) is 0 Å². The number of nitrogens with zero attached hydrogens (tertiary/aromatic N) is 2. The minimum Gasteiger partial charge on any atom is -0.237 e. The minimum absolute atomic E-state index is 0.627. The van der Waals surface area contributed by atoms with E-state index in [2.05, 4.69) is 48.6 Å². The molecule has 0 aromatic carbocycles. The van der Waals surface area contributed by atoms with Gasteiger partial charge in [0.2, 0.25) is 6.33 Å². The largest absolute Gasteiger partial charge is 0.243 e. The molecule has 1 aromatic heterocycles. The molecule has 0 saturated heterocycles. The van der Waals surface area contributed by atoms with Crippen molar-refractivity contribution in [3.63, 3.8) is 0 Å². The fourth-order valence-corrected chi connectivity index (χ4v) is 1.74. The highest BCUT2D eigenvalue weighted by Gasteiger charge is 2.08. The summed E-state index contributed by atoms with van der Waals surface area (Å²) in [6, 6.07) is 0.627. The average Bonchev–Trinajstić information content (AvgIpc) is 2.72. The molecule has 0 aliphatic rings. The predicted molar refractivity (Wildman–Crippen MR) is 63.8 cm³/mol. The zero-order chi connectivity index (χ0) is 11.1. The van der Waals surface area contributed by atoms with Crippen molar-refractivity contribution in [3.8, 4) is 0 Å². The lowest BCUT2D eigenvalue weighted by molar-refractivity contribution is -0.697. The Balaban J connectivity index is 2.33. The number of unbranched alkanes of at least 4 members (excludes halogenated alkanes) is 3. The first-order valence-electron chi connectivity index (χ1n) is 6.34. The van der Waals surface area contributed by atoms with Crippen LogP contribution in [0.5, 0.6) is 0 Å². The van der Waals surface area contributed by atoms with Gasteiger partial charge >= 0.3 is 0 Å². The van der Waals surface area contributed by atoms with Crippen LogP contribution in [0.15, 0.2) is 18.7 Å². The molecule has 0 fully saturated rings. The van der Waals surface area contributed by atoms with Crippen LogP contribution in [0.2, 0.25) is 0 Å². The van der Waals surface area contributed by atoms with Crippen LogP contribution in [0.3, 0.4) is 0 Å². The van der Waals surface area contributed by atoms with E-state index in [1.54, 1.807) is 0 Å². The highest BCUT2D eigenvalue weighted by molar-refractivity contribution is 4.71. The van der Waals surface area contributed by atoms with Gasteiger partial charge in [0.05, 0.1) is 12.6 Å². The summed E-state index contributed by atoms with van der Waals surface area (Å²) < 4.78 is 4.61. The maximum atomic E-state index is 2.31. The summed E-state index contributed by atoms with van der Waals surface area (Å²) in [7, 11) is 0. The number of hydrogen-bond acceptors (Lipinski definition) is 0. The summed E-state index contributed by atoms with van der Waals surface area (Å²) in [6.45, 7) is 7.92. The molecule has 0 radical (unpaired) electrons. The maximum Gasteiger partial charge on any atom is 0.243 e. The molecule has 0 bridgehead atoms. The monoisotopic (exact) mass is 209 g/mol. The van der Waals surface area contributed by atoms with Crippen molar-refractivity contribution in [1.29, 1.82) is 0 Å². The third kappa shape index (κ3) is 4.06. The van der Waals surface area contributed by atoms with Crippen LogP contribution in [0.25, 0.3) is 0 Å². The normalized spacial score (nSPS) is 13.0. The molecule has 0 aliphatic heterocycles. The van der Waals surface area contributed by atoms with Crippen molar-refractivity contribution < 1.29 is 4.57 Å². The summed E-state index contributed by atoms with van der Waals surface area (Å²) in [4.78, 5) is 0. The molecule has 1 atom stereocenters. The lowest BCUT2D eigenvalue weighted by Gasteiger charge is -2.02. The second-order valence-electron chi connectivity index (χ2n) is 4.42. The van der Waals surface area contributed by atoms with E-state index < -0.39 is 0 Å². The van der Waals surface area contributed by atoms with Gasteiger partial charge in [0.25, 0.3) is 0 Å². The van der Waals surface area contributed by atoms with E-state index in [9.17, 15) is 0 Å². The fraction of sp³-hybridized carbons (Fsp3) is 0.769. The van der Waals surface area contributed by atoms with E-state index in [1.165, 1.54) is 38.6 Å². The Morgan fingerprint density at radius 1 is 1.20 bits per heavy atom. The Hall–Kier alpha value is -0.790. The summed E-state index contributed by atoms with van der Waals surface area (Å²) in [5.41, 5.74) is 0. The van der Waals surface area contributed by atoms with Gasteiger partial charge in [0.1, 0.15) is 12.4 Å². The van der Waals surface area contributed by atoms with Gasteiger partial charge in [-0.3, -0.25) is 0 Å². The molecule has 15 heavy (non-hydrogen) atoms. The van der Waals surface area contributed by atoms with Gasteiger partial charge in [-0.2, -0.15) is 0 Å². The molecule has 0 aliphatic carbocycles. The third-order valence-electron chi connectivity index (χ3n) is 3.08. The van der Waals surface area contributed by atoms with Gasteiger partial charge < -0.3 is 0 Å². The highest BCUT2D eigenvalue weighted by atomic mass is 15.1. The van der Waals surface area contributed by atoms with Crippen molar-refractivity contribution >= 4 is 0 Å². The van der Waals surface area contributed by atoms with E-state index in [4.69, 9.17) is 0 Å². The Kier molecular flexibility index (Phi) is 5.44. The first-order valence-corrected chi connectivity index (χ1v) is 6.34. The number of aromatic nitrogens is 2. The zero-order valence-corrected chi connectivity index (χ0v) is 10.4. The molecule has 1 aromatic rings. The van der Waals surface area contributed by atoms with Crippen LogP contribution in [-0.2, 0) is 6.54 Å². The maximum absolute atomic E-state index is 2.31. The predicted octanol–water partition coefficient (Wildman–Crippen LogP) is 3.33. The number of hydrogen-bond donors (Lipinski definition) is 0. The van der Waals surface area contributed by atoms with Crippen LogP contribution in [0, 0.1) is 0 Å². The van der Waals surface area contributed by atoms with E-state index >= 15 is 0 Å². The SMILES string of the molecule is CCCCCC[n+]1ccn(C(C)CC)c1. The first-order chi connectivity index (χ1) is 7.27. The molecule has 2 heteroatoms. The second kappa shape index (κ2) is 6.65. The summed E-state index contributed by atoms with van der Waals surface area (Å²) >= 11 is 0. The molecule has 0 amide bonds. The smallest absolute Gasteiger partial charge is 0.237 e. The van der Waals surface area contributed by atoms with E-state index in [-0.39, 0.29) is 0 Å². The summed E-state index contributed by atoms with van der Waals surface area (Å²) in [5.74, 6) is 0. The summed E-state index contributed by atoms with van der Waals surface area (Å²) in [5, 5.41) is 0. The quantitative estimate of drug-likeness (QED) is 0.481. The van der Waals surface area contributed by atoms with E-state index in [0.29, 0.717) is 6.04 Å². The van der Waals surface area contributed by atoms with Crippen molar-refractivity contribution in [2.45, 2.75) is 65.5 Å². The molecule has 0 spiro atoms. The highest BCUT2D eigenvalue weighted by Crippen LogP contribution is 2.07.